The van der Waals surface area contributed by atoms with Gasteiger partial charge in [0.1, 0.15) is 0 Å². The molecule has 0 aliphatic carbocycles. The van der Waals surface area contributed by atoms with E-state index in [4.69, 9.17) is 10.5 Å². The number of hydrogen-bond acceptors (Lipinski definition) is 6. The van der Waals surface area contributed by atoms with Crippen LogP contribution in [-0.4, -0.2) is 42.2 Å². The van der Waals surface area contributed by atoms with Gasteiger partial charge in [-0.05, 0) is 36.4 Å². The lowest BCUT2D eigenvalue weighted by Gasteiger charge is -2.09. The molecule has 0 aromatic heterocycles. The van der Waals surface area contributed by atoms with Crippen molar-refractivity contribution in [3.63, 3.8) is 0 Å². The molecule has 0 unspecified atom stereocenters. The van der Waals surface area contributed by atoms with Crippen LogP contribution in [0.2, 0.25) is 0 Å². The molecule has 0 radical (unpaired) electrons. The molecule has 8 nitrogen and oxygen atoms in total. The van der Waals surface area contributed by atoms with Crippen LogP contribution in [0.4, 0.5) is 11.4 Å². The molecule has 27 heavy (non-hydrogen) atoms. The van der Waals surface area contributed by atoms with Crippen LogP contribution in [0.1, 0.15) is 31.1 Å². The fraction of sp³-hybridized carbons (Fsp3) is 0.111. The molecule has 0 atom stereocenters. The molecule has 9 heteroatoms. The Morgan fingerprint density at radius 1 is 1.11 bits per heavy atom. The minimum Gasteiger partial charge on any atom is -0.452 e. The number of carbonyl (C=O) groups excluding carboxylic acids is 4. The van der Waals surface area contributed by atoms with Crippen LogP contribution in [0.15, 0.2) is 40.9 Å². The van der Waals surface area contributed by atoms with Gasteiger partial charge in [-0.15, -0.1) is 0 Å². The highest BCUT2D eigenvalue weighted by Gasteiger charge is 2.32. The van der Waals surface area contributed by atoms with Gasteiger partial charge in [0, 0.05) is 22.9 Å². The lowest BCUT2D eigenvalue weighted by Crippen LogP contribution is -2.24. The summed E-state index contributed by atoms with van der Waals surface area (Å²) in [7, 11) is 1.38. The van der Waals surface area contributed by atoms with E-state index in [2.05, 4.69) is 21.2 Å². The van der Waals surface area contributed by atoms with Crippen molar-refractivity contribution in [2.24, 2.45) is 0 Å². The van der Waals surface area contributed by atoms with Crippen LogP contribution in [0.25, 0.3) is 0 Å². The minimum absolute atomic E-state index is 0.141. The Labute approximate surface area is 162 Å². The number of imide groups is 1. The van der Waals surface area contributed by atoms with E-state index in [0.717, 1.165) is 4.90 Å². The average Bonchev–Trinajstić information content (AvgIpc) is 2.86. The molecule has 0 fully saturated rings. The third kappa shape index (κ3) is 3.68. The summed E-state index contributed by atoms with van der Waals surface area (Å²) in [5.41, 5.74) is 6.89. The van der Waals surface area contributed by atoms with Crippen LogP contribution < -0.4 is 11.1 Å². The summed E-state index contributed by atoms with van der Waals surface area (Å²) < 4.78 is 5.61. The molecule has 2 aromatic rings. The van der Waals surface area contributed by atoms with E-state index in [0.29, 0.717) is 10.2 Å². The number of ether oxygens (including phenoxy) is 1. The number of amides is 3. The third-order valence-electron chi connectivity index (χ3n) is 3.94. The zero-order valence-corrected chi connectivity index (χ0v) is 15.7. The van der Waals surface area contributed by atoms with Crippen molar-refractivity contribution < 1.29 is 23.9 Å². The smallest absolute Gasteiger partial charge is 0.340 e. The number of carbonyl (C=O) groups is 4. The number of nitrogens with zero attached hydrogens (tertiary/aromatic N) is 1. The lowest BCUT2D eigenvalue weighted by molar-refractivity contribution is -0.119. The van der Waals surface area contributed by atoms with Crippen LogP contribution in [0.5, 0.6) is 0 Å². The largest absolute Gasteiger partial charge is 0.452 e. The first-order valence-corrected chi connectivity index (χ1v) is 8.55. The van der Waals surface area contributed by atoms with Crippen LogP contribution in [0, 0.1) is 0 Å². The molecule has 1 heterocycles. The predicted molar refractivity (Wildman–Crippen MR) is 100 cm³/mol. The molecule has 3 rings (SSSR count). The van der Waals surface area contributed by atoms with Crippen molar-refractivity contribution in [3.05, 3.63) is 57.6 Å². The van der Waals surface area contributed by atoms with Gasteiger partial charge in [0.05, 0.1) is 16.7 Å². The maximum absolute atomic E-state index is 12.1. The third-order valence-corrected chi connectivity index (χ3v) is 4.44. The normalized spacial score (nSPS) is 12.7. The fourth-order valence-electron chi connectivity index (χ4n) is 2.55. The van der Waals surface area contributed by atoms with Crippen molar-refractivity contribution in [1.29, 1.82) is 0 Å². The van der Waals surface area contributed by atoms with Gasteiger partial charge in [0.25, 0.3) is 17.7 Å². The van der Waals surface area contributed by atoms with Crippen molar-refractivity contribution in [2.45, 2.75) is 0 Å². The molecule has 3 amide bonds. The fourth-order valence-corrected chi connectivity index (χ4v) is 2.91. The highest BCUT2D eigenvalue weighted by molar-refractivity contribution is 9.10. The van der Waals surface area contributed by atoms with Gasteiger partial charge < -0.3 is 15.8 Å². The second kappa shape index (κ2) is 7.20. The molecular weight excluding hydrogens is 418 g/mol. The van der Waals surface area contributed by atoms with Crippen LogP contribution >= 0.6 is 15.9 Å². The predicted octanol–water partition coefficient (Wildman–Crippen LogP) is 2.05. The molecule has 138 valence electrons. The van der Waals surface area contributed by atoms with Crippen molar-refractivity contribution in [1.82, 2.24) is 4.90 Å². The van der Waals surface area contributed by atoms with Gasteiger partial charge in [-0.2, -0.15) is 0 Å². The number of benzene rings is 2. The maximum Gasteiger partial charge on any atom is 0.340 e. The Morgan fingerprint density at radius 2 is 1.81 bits per heavy atom. The summed E-state index contributed by atoms with van der Waals surface area (Å²) in [6.07, 6.45) is 0. The Morgan fingerprint density at radius 3 is 2.56 bits per heavy atom. The van der Waals surface area contributed by atoms with Crippen LogP contribution in [-0.2, 0) is 9.53 Å². The summed E-state index contributed by atoms with van der Waals surface area (Å²) >= 11 is 3.23. The highest BCUT2D eigenvalue weighted by Crippen LogP contribution is 2.25. The Kier molecular flexibility index (Phi) is 4.95. The number of fused-ring (bicyclic) bond motifs is 1. The molecule has 0 bridgehead atoms. The highest BCUT2D eigenvalue weighted by atomic mass is 79.9. The number of nitrogen functional groups attached to an aromatic ring is 1. The molecule has 1 aliphatic rings. The molecule has 0 spiro atoms. The number of hydrogen-bond donors (Lipinski definition) is 2. The van der Waals surface area contributed by atoms with E-state index in [1.807, 2.05) is 0 Å². The molecule has 0 saturated carbocycles. The second-order valence-electron chi connectivity index (χ2n) is 5.79. The summed E-state index contributed by atoms with van der Waals surface area (Å²) in [6.45, 7) is -0.533. The van der Waals surface area contributed by atoms with Gasteiger partial charge in [-0.1, -0.05) is 15.9 Å². The van der Waals surface area contributed by atoms with E-state index >= 15 is 0 Å². The van der Waals surface area contributed by atoms with Crippen molar-refractivity contribution in [3.8, 4) is 0 Å². The number of nitrogens with one attached hydrogen (secondary N) is 1. The van der Waals surface area contributed by atoms with Crippen molar-refractivity contribution in [2.75, 3.05) is 24.7 Å². The molecule has 1 aliphatic heterocycles. The SMILES string of the molecule is CN1C(=O)c2ccc(NC(=O)COC(=O)c3cc(Br)ccc3N)cc2C1=O. The number of anilines is 2. The quantitative estimate of drug-likeness (QED) is 0.434. The summed E-state index contributed by atoms with van der Waals surface area (Å²) in [5, 5.41) is 2.52. The van der Waals surface area contributed by atoms with Gasteiger partial charge in [0.15, 0.2) is 6.61 Å². The van der Waals surface area contributed by atoms with Gasteiger partial charge in [0.2, 0.25) is 0 Å². The minimum atomic E-state index is -0.736. The van der Waals surface area contributed by atoms with E-state index in [-0.39, 0.29) is 22.4 Å². The van der Waals surface area contributed by atoms with E-state index in [9.17, 15) is 19.2 Å². The number of esters is 1. The van der Waals surface area contributed by atoms with Gasteiger partial charge in [-0.3, -0.25) is 19.3 Å². The molecule has 3 N–H and O–H groups in total. The zero-order valence-electron chi connectivity index (χ0n) is 14.1. The zero-order chi connectivity index (χ0) is 19.7. The Balaban J connectivity index is 1.64. The number of halogens is 1. The van der Waals surface area contributed by atoms with E-state index in [1.165, 1.54) is 31.3 Å². The first kappa shape index (κ1) is 18.6. The topological polar surface area (TPSA) is 119 Å². The molecular formula is C18H14BrN3O5. The Bertz CT molecular complexity index is 989. The summed E-state index contributed by atoms with van der Waals surface area (Å²) in [4.78, 5) is 48.9. The first-order chi connectivity index (χ1) is 12.8. The van der Waals surface area contributed by atoms with Gasteiger partial charge >= 0.3 is 5.97 Å². The first-order valence-electron chi connectivity index (χ1n) is 7.76. The number of nitrogens with two attached hydrogens (primary N) is 1. The van der Waals surface area contributed by atoms with Gasteiger partial charge in [-0.25, -0.2) is 4.79 Å². The second-order valence-corrected chi connectivity index (χ2v) is 6.70. The van der Waals surface area contributed by atoms with Crippen LogP contribution in [0.3, 0.4) is 0 Å². The van der Waals surface area contributed by atoms with E-state index < -0.39 is 30.3 Å². The molecule has 2 aromatic carbocycles. The summed E-state index contributed by atoms with van der Waals surface area (Å²) in [5.74, 6) is -2.17. The maximum atomic E-state index is 12.1. The van der Waals surface area contributed by atoms with E-state index in [1.54, 1.807) is 12.1 Å². The Hall–Kier alpha value is -3.20. The monoisotopic (exact) mass is 431 g/mol. The standard InChI is InChI=1S/C18H14BrN3O5/c1-22-16(24)11-4-3-10(7-12(11)17(22)25)21-15(23)8-27-18(26)13-6-9(19)2-5-14(13)20/h2-7H,8,20H2,1H3,(H,21,23). The number of rotatable bonds is 4. The average molecular weight is 432 g/mol. The summed E-state index contributed by atoms with van der Waals surface area (Å²) in [6, 6.07) is 9.08. The lowest BCUT2D eigenvalue weighted by atomic mass is 10.1. The molecule has 0 saturated heterocycles. The van der Waals surface area contributed by atoms with Crippen molar-refractivity contribution >= 4 is 51.0 Å².